The van der Waals surface area contributed by atoms with E-state index >= 15 is 0 Å². The second-order valence-electron chi connectivity index (χ2n) is 4.25. The van der Waals surface area contributed by atoms with Gasteiger partial charge in [0, 0.05) is 6.54 Å². The van der Waals surface area contributed by atoms with E-state index in [4.69, 9.17) is 0 Å². The SMILES string of the molecule is [CH2]CCCCNC(=O)CN1CCCCC1. The third kappa shape index (κ3) is 5.78. The summed E-state index contributed by atoms with van der Waals surface area (Å²) in [7, 11) is 0. The summed E-state index contributed by atoms with van der Waals surface area (Å²) in [6.07, 6.45) is 6.92. The zero-order valence-corrected chi connectivity index (χ0v) is 9.63. The molecule has 0 unspecified atom stereocenters. The van der Waals surface area contributed by atoms with Crippen LogP contribution in [0.2, 0.25) is 0 Å². The predicted molar refractivity (Wildman–Crippen MR) is 62.5 cm³/mol. The van der Waals surface area contributed by atoms with Gasteiger partial charge in [-0.2, -0.15) is 0 Å². The molecule has 1 amide bonds. The minimum Gasteiger partial charge on any atom is -0.355 e. The van der Waals surface area contributed by atoms with Crippen molar-refractivity contribution in [3.63, 3.8) is 0 Å². The number of hydrogen-bond acceptors (Lipinski definition) is 2. The lowest BCUT2D eigenvalue weighted by molar-refractivity contribution is -0.122. The Bertz CT molecular complexity index is 176. The molecular weight excluding hydrogens is 188 g/mol. The summed E-state index contributed by atoms with van der Waals surface area (Å²) in [5.41, 5.74) is 0. The summed E-state index contributed by atoms with van der Waals surface area (Å²) in [4.78, 5) is 13.8. The fourth-order valence-corrected chi connectivity index (χ4v) is 1.91. The molecule has 3 nitrogen and oxygen atoms in total. The van der Waals surface area contributed by atoms with E-state index in [9.17, 15) is 4.79 Å². The summed E-state index contributed by atoms with van der Waals surface area (Å²) in [5.74, 6) is 0.181. The number of hydrogen-bond donors (Lipinski definition) is 1. The van der Waals surface area contributed by atoms with Gasteiger partial charge in [0.2, 0.25) is 5.91 Å². The first-order valence-electron chi connectivity index (χ1n) is 6.11. The first-order chi connectivity index (χ1) is 7.33. The first-order valence-corrected chi connectivity index (χ1v) is 6.11. The minimum atomic E-state index is 0.181. The molecule has 0 atom stereocenters. The summed E-state index contributed by atoms with van der Waals surface area (Å²) in [6.45, 7) is 7.35. The maximum atomic E-state index is 11.5. The maximum Gasteiger partial charge on any atom is 0.234 e. The van der Waals surface area contributed by atoms with E-state index in [0.29, 0.717) is 6.54 Å². The predicted octanol–water partition coefficient (Wildman–Crippen LogP) is 1.59. The molecular formula is C12H23N2O. The van der Waals surface area contributed by atoms with Gasteiger partial charge in [0.25, 0.3) is 0 Å². The molecule has 1 fully saturated rings. The van der Waals surface area contributed by atoms with Gasteiger partial charge in [-0.05, 0) is 32.4 Å². The van der Waals surface area contributed by atoms with Gasteiger partial charge >= 0.3 is 0 Å². The van der Waals surface area contributed by atoms with Gasteiger partial charge < -0.3 is 5.32 Å². The number of carbonyl (C=O) groups excluding carboxylic acids is 1. The zero-order valence-electron chi connectivity index (χ0n) is 9.63. The molecule has 0 spiro atoms. The number of carbonyl (C=O) groups is 1. The Morgan fingerprint density at radius 3 is 2.60 bits per heavy atom. The Kier molecular flexibility index (Phi) is 6.41. The van der Waals surface area contributed by atoms with Crippen molar-refractivity contribution in [2.45, 2.75) is 38.5 Å². The topological polar surface area (TPSA) is 32.3 Å². The largest absolute Gasteiger partial charge is 0.355 e. The van der Waals surface area contributed by atoms with Crippen molar-refractivity contribution in [3.8, 4) is 0 Å². The van der Waals surface area contributed by atoms with E-state index in [2.05, 4.69) is 17.1 Å². The lowest BCUT2D eigenvalue weighted by Gasteiger charge is -2.25. The Morgan fingerprint density at radius 2 is 1.93 bits per heavy atom. The van der Waals surface area contributed by atoms with E-state index in [-0.39, 0.29) is 5.91 Å². The van der Waals surface area contributed by atoms with Gasteiger partial charge in [0.05, 0.1) is 6.54 Å². The van der Waals surface area contributed by atoms with Gasteiger partial charge in [-0.15, -0.1) is 0 Å². The molecule has 1 aliphatic rings. The van der Waals surface area contributed by atoms with Crippen LogP contribution < -0.4 is 5.32 Å². The third-order valence-corrected chi connectivity index (χ3v) is 2.81. The van der Waals surface area contributed by atoms with Gasteiger partial charge in [0.15, 0.2) is 0 Å². The van der Waals surface area contributed by atoms with Crippen LogP contribution in [0.4, 0.5) is 0 Å². The second kappa shape index (κ2) is 7.69. The van der Waals surface area contributed by atoms with Crippen molar-refractivity contribution in [3.05, 3.63) is 6.92 Å². The zero-order chi connectivity index (χ0) is 10.9. The number of piperidine rings is 1. The smallest absolute Gasteiger partial charge is 0.234 e. The fourth-order valence-electron chi connectivity index (χ4n) is 1.91. The van der Waals surface area contributed by atoms with E-state index in [0.717, 1.165) is 38.9 Å². The Morgan fingerprint density at radius 1 is 1.20 bits per heavy atom. The van der Waals surface area contributed by atoms with Gasteiger partial charge in [-0.1, -0.05) is 26.2 Å². The molecule has 1 aliphatic heterocycles. The number of nitrogens with one attached hydrogen (secondary N) is 1. The molecule has 1 rings (SSSR count). The number of amides is 1. The number of likely N-dealkylation sites (tertiary alicyclic amines) is 1. The molecule has 87 valence electrons. The van der Waals surface area contributed by atoms with Crippen LogP contribution in [0.3, 0.4) is 0 Å². The third-order valence-electron chi connectivity index (χ3n) is 2.81. The fraction of sp³-hybridized carbons (Fsp3) is 0.833. The van der Waals surface area contributed by atoms with Crippen molar-refractivity contribution < 1.29 is 4.79 Å². The quantitative estimate of drug-likeness (QED) is 0.677. The van der Waals surface area contributed by atoms with E-state index < -0.39 is 0 Å². The van der Waals surface area contributed by atoms with Crippen LogP contribution in [0, 0.1) is 6.92 Å². The Labute approximate surface area is 93.2 Å². The van der Waals surface area contributed by atoms with Crippen LogP contribution in [0.1, 0.15) is 38.5 Å². The molecule has 0 aromatic rings. The average molecular weight is 211 g/mol. The van der Waals surface area contributed by atoms with Crippen LogP contribution in [0.15, 0.2) is 0 Å². The Balaban J connectivity index is 2.01. The molecule has 0 saturated carbocycles. The lowest BCUT2D eigenvalue weighted by atomic mass is 10.1. The van der Waals surface area contributed by atoms with Crippen molar-refractivity contribution in [1.29, 1.82) is 0 Å². The van der Waals surface area contributed by atoms with Crippen LogP contribution in [-0.2, 0) is 4.79 Å². The van der Waals surface area contributed by atoms with Crippen LogP contribution in [-0.4, -0.2) is 37.0 Å². The highest BCUT2D eigenvalue weighted by Crippen LogP contribution is 2.07. The van der Waals surface area contributed by atoms with Crippen LogP contribution >= 0.6 is 0 Å². The van der Waals surface area contributed by atoms with Crippen LogP contribution in [0.25, 0.3) is 0 Å². The van der Waals surface area contributed by atoms with E-state index in [1.54, 1.807) is 0 Å². The second-order valence-corrected chi connectivity index (χ2v) is 4.25. The highest BCUT2D eigenvalue weighted by molar-refractivity contribution is 5.77. The van der Waals surface area contributed by atoms with Crippen molar-refractivity contribution in [1.82, 2.24) is 10.2 Å². The molecule has 0 aliphatic carbocycles. The summed E-state index contributed by atoms with van der Waals surface area (Å²) in [5, 5.41) is 2.96. The molecule has 3 heteroatoms. The molecule has 15 heavy (non-hydrogen) atoms. The average Bonchev–Trinajstić information content (AvgIpc) is 2.26. The minimum absolute atomic E-state index is 0.181. The molecule has 1 radical (unpaired) electrons. The normalized spacial score (nSPS) is 17.7. The van der Waals surface area contributed by atoms with Gasteiger partial charge in [-0.3, -0.25) is 9.69 Å². The molecule has 0 aromatic heterocycles. The monoisotopic (exact) mass is 211 g/mol. The van der Waals surface area contributed by atoms with E-state index in [1.165, 1.54) is 19.3 Å². The summed E-state index contributed by atoms with van der Waals surface area (Å²) in [6, 6.07) is 0. The maximum absolute atomic E-state index is 11.5. The number of unbranched alkanes of at least 4 members (excludes halogenated alkanes) is 2. The molecule has 1 heterocycles. The number of rotatable bonds is 6. The highest BCUT2D eigenvalue weighted by Gasteiger charge is 2.12. The molecule has 0 bridgehead atoms. The van der Waals surface area contributed by atoms with E-state index in [1.807, 2.05) is 0 Å². The van der Waals surface area contributed by atoms with Crippen molar-refractivity contribution in [2.24, 2.45) is 0 Å². The standard InChI is InChI=1S/C12H23N2O/c1-2-3-5-8-13-12(15)11-14-9-6-4-7-10-14/h1-11H2,(H,13,15). The molecule has 0 aromatic carbocycles. The highest BCUT2D eigenvalue weighted by atomic mass is 16.2. The number of nitrogens with zero attached hydrogens (tertiary/aromatic N) is 1. The Hall–Kier alpha value is -0.570. The molecule has 1 saturated heterocycles. The summed E-state index contributed by atoms with van der Waals surface area (Å²) < 4.78 is 0. The van der Waals surface area contributed by atoms with Gasteiger partial charge in [-0.25, -0.2) is 0 Å². The summed E-state index contributed by atoms with van der Waals surface area (Å²) >= 11 is 0. The van der Waals surface area contributed by atoms with Gasteiger partial charge in [0.1, 0.15) is 0 Å². The lowest BCUT2D eigenvalue weighted by Crippen LogP contribution is -2.40. The van der Waals surface area contributed by atoms with Crippen molar-refractivity contribution in [2.75, 3.05) is 26.2 Å². The first kappa shape index (κ1) is 12.5. The molecule has 1 N–H and O–H groups in total. The van der Waals surface area contributed by atoms with Crippen molar-refractivity contribution >= 4 is 5.91 Å². The van der Waals surface area contributed by atoms with Crippen LogP contribution in [0.5, 0.6) is 0 Å².